The van der Waals surface area contributed by atoms with Gasteiger partial charge in [-0.1, -0.05) is 43.7 Å². The molecule has 10 atom stereocenters. The minimum Gasteiger partial charge on any atom is -0.463 e. The number of aliphatic hydroxyl groups is 2. The molecule has 1 saturated carbocycles. The third-order valence-corrected chi connectivity index (χ3v) is 9.73. The molecule has 5 aliphatic rings. The monoisotopic (exact) mass is 532 g/mol. The average molecular weight is 533 g/mol. The van der Waals surface area contributed by atoms with E-state index in [1.807, 2.05) is 0 Å². The van der Waals surface area contributed by atoms with E-state index in [1.165, 1.54) is 11.6 Å². The molecule has 0 amide bonds. The molecule has 0 aromatic carbocycles. The summed E-state index contributed by atoms with van der Waals surface area (Å²) in [7, 11) is 0. The van der Waals surface area contributed by atoms with Crippen molar-refractivity contribution in [2.24, 2.45) is 16.7 Å². The summed E-state index contributed by atoms with van der Waals surface area (Å²) in [6.07, 6.45) is 6.89. The number of esters is 2. The third-order valence-electron chi connectivity index (χ3n) is 9.73. The maximum absolute atomic E-state index is 13.1. The minimum atomic E-state index is -1.33. The Labute approximate surface area is 223 Å². The standard InChI is InChI=1S/C29H40O9/c1-17-9-11-28-15-35-26(33)25(32)18(2)10-12-34-20(19(3)30)7-5-6-8-24(31)38-21-14-23(37-22(28)13-17)29(16-36-29)27(21,28)4/h5-8,13,18-23,25,30,32H,9-12,14-16H2,1-4H3/b7-5+,8-6-/t18-,19-,20-,21-,22-,23-,25-,27-,28-,29+/m1/s1. The highest BCUT2D eigenvalue weighted by atomic mass is 16.6. The molecular formula is C29H40O9. The minimum absolute atomic E-state index is 0.0195. The lowest BCUT2D eigenvalue weighted by Gasteiger charge is -2.58. The highest BCUT2D eigenvalue weighted by Gasteiger charge is 2.83. The fourth-order valence-electron chi connectivity index (χ4n) is 7.04. The molecule has 2 saturated heterocycles. The second kappa shape index (κ2) is 10.2. The molecule has 0 aromatic rings. The van der Waals surface area contributed by atoms with Gasteiger partial charge in [-0.15, -0.1) is 0 Å². The second-order valence-electron chi connectivity index (χ2n) is 11.9. The molecule has 0 unspecified atom stereocenters. The summed E-state index contributed by atoms with van der Waals surface area (Å²) in [5, 5.41) is 20.8. The number of rotatable bonds is 1. The van der Waals surface area contributed by atoms with Crippen molar-refractivity contribution in [2.45, 2.75) is 95.6 Å². The largest absolute Gasteiger partial charge is 0.463 e. The quantitative estimate of drug-likeness (QED) is 0.298. The molecule has 2 aliphatic carbocycles. The van der Waals surface area contributed by atoms with Gasteiger partial charge in [0.15, 0.2) is 6.10 Å². The van der Waals surface area contributed by atoms with Crippen LogP contribution in [-0.2, 0) is 33.3 Å². The van der Waals surface area contributed by atoms with Crippen LogP contribution >= 0.6 is 0 Å². The molecule has 3 fully saturated rings. The summed E-state index contributed by atoms with van der Waals surface area (Å²) in [5.74, 6) is -1.60. The topological polar surface area (TPSA) is 124 Å². The zero-order valence-corrected chi connectivity index (χ0v) is 22.6. The smallest absolute Gasteiger partial charge is 0.335 e. The van der Waals surface area contributed by atoms with Gasteiger partial charge in [0.2, 0.25) is 0 Å². The average Bonchev–Trinajstić information content (AvgIpc) is 3.65. The summed E-state index contributed by atoms with van der Waals surface area (Å²) in [6, 6.07) is 0. The van der Waals surface area contributed by atoms with Gasteiger partial charge < -0.3 is 33.9 Å². The Hall–Kier alpha value is -2.04. The lowest BCUT2D eigenvalue weighted by molar-refractivity contribution is -0.234. The maximum Gasteiger partial charge on any atom is 0.335 e. The van der Waals surface area contributed by atoms with Crippen LogP contribution in [-0.4, -0.2) is 84.2 Å². The molecule has 3 aliphatic heterocycles. The van der Waals surface area contributed by atoms with Crippen molar-refractivity contribution < 1.29 is 43.5 Å². The number of hydrogen-bond acceptors (Lipinski definition) is 9. The number of carbonyl (C=O) groups is 2. The Bertz CT molecular complexity index is 1030. The predicted molar refractivity (Wildman–Crippen MR) is 136 cm³/mol. The van der Waals surface area contributed by atoms with Crippen LogP contribution in [0.1, 0.15) is 53.4 Å². The van der Waals surface area contributed by atoms with Crippen LogP contribution in [0.5, 0.6) is 0 Å². The van der Waals surface area contributed by atoms with Crippen LogP contribution in [0.2, 0.25) is 0 Å². The molecule has 2 bridgehead atoms. The van der Waals surface area contributed by atoms with Crippen molar-refractivity contribution in [3.05, 3.63) is 36.0 Å². The van der Waals surface area contributed by atoms with Crippen LogP contribution in [0.25, 0.3) is 0 Å². The summed E-state index contributed by atoms with van der Waals surface area (Å²) in [5.41, 5.74) is -0.771. The lowest BCUT2D eigenvalue weighted by atomic mass is 9.51. The Morgan fingerprint density at radius 2 is 1.92 bits per heavy atom. The first kappa shape index (κ1) is 27.5. The van der Waals surface area contributed by atoms with Gasteiger partial charge >= 0.3 is 11.9 Å². The fraction of sp³-hybridized carbons (Fsp3) is 0.724. The first-order chi connectivity index (χ1) is 18.0. The normalized spacial score (nSPS) is 48.0. The van der Waals surface area contributed by atoms with Crippen LogP contribution in [0.15, 0.2) is 36.0 Å². The molecule has 0 aromatic heterocycles. The Kier molecular flexibility index (Phi) is 7.37. The second-order valence-corrected chi connectivity index (χ2v) is 11.9. The van der Waals surface area contributed by atoms with Gasteiger partial charge in [-0.3, -0.25) is 0 Å². The number of aliphatic hydroxyl groups excluding tert-OH is 2. The van der Waals surface area contributed by atoms with Crippen molar-refractivity contribution in [3.63, 3.8) is 0 Å². The van der Waals surface area contributed by atoms with Gasteiger partial charge in [0.1, 0.15) is 24.4 Å². The number of hydrogen-bond donors (Lipinski definition) is 2. The molecule has 2 N–H and O–H groups in total. The van der Waals surface area contributed by atoms with Crippen molar-refractivity contribution >= 4 is 11.9 Å². The van der Waals surface area contributed by atoms with Gasteiger partial charge in [0, 0.05) is 24.5 Å². The first-order valence-corrected chi connectivity index (χ1v) is 13.7. The molecular weight excluding hydrogens is 492 g/mol. The number of allylic oxidation sites excluding steroid dienone is 3. The van der Waals surface area contributed by atoms with Gasteiger partial charge in [-0.2, -0.15) is 0 Å². The Morgan fingerprint density at radius 1 is 1.16 bits per heavy atom. The van der Waals surface area contributed by atoms with E-state index in [2.05, 4.69) is 19.9 Å². The van der Waals surface area contributed by atoms with Crippen LogP contribution in [0, 0.1) is 16.7 Å². The van der Waals surface area contributed by atoms with E-state index >= 15 is 0 Å². The van der Waals surface area contributed by atoms with E-state index in [9.17, 15) is 19.8 Å². The lowest BCUT2D eigenvalue weighted by Crippen LogP contribution is -2.66. The zero-order valence-electron chi connectivity index (χ0n) is 22.6. The summed E-state index contributed by atoms with van der Waals surface area (Å²) < 4.78 is 30.4. The van der Waals surface area contributed by atoms with Crippen molar-refractivity contribution in [1.82, 2.24) is 0 Å². The predicted octanol–water partition coefficient (Wildman–Crippen LogP) is 2.39. The molecule has 210 valence electrons. The molecule has 5 rings (SSSR count). The molecule has 9 heteroatoms. The number of cyclic esters (lactones) is 1. The van der Waals surface area contributed by atoms with E-state index in [0.29, 0.717) is 25.9 Å². The van der Waals surface area contributed by atoms with Crippen molar-refractivity contribution in [2.75, 3.05) is 19.8 Å². The van der Waals surface area contributed by atoms with E-state index in [-0.39, 0.29) is 25.4 Å². The van der Waals surface area contributed by atoms with Crippen LogP contribution in [0.3, 0.4) is 0 Å². The van der Waals surface area contributed by atoms with Crippen LogP contribution in [0.4, 0.5) is 0 Å². The number of ether oxygens (including phenoxy) is 5. The molecule has 0 radical (unpaired) electrons. The highest BCUT2D eigenvalue weighted by Crippen LogP contribution is 2.72. The summed E-state index contributed by atoms with van der Waals surface area (Å²) in [6.45, 7) is 8.27. The van der Waals surface area contributed by atoms with E-state index in [4.69, 9.17) is 23.7 Å². The zero-order chi connectivity index (χ0) is 27.3. The van der Waals surface area contributed by atoms with Crippen molar-refractivity contribution in [1.29, 1.82) is 0 Å². The molecule has 9 nitrogen and oxygen atoms in total. The number of epoxide rings is 1. The van der Waals surface area contributed by atoms with E-state index in [1.54, 1.807) is 32.1 Å². The molecule has 2 spiro atoms. The van der Waals surface area contributed by atoms with Gasteiger partial charge in [-0.25, -0.2) is 9.59 Å². The van der Waals surface area contributed by atoms with Gasteiger partial charge in [0.25, 0.3) is 0 Å². The summed E-state index contributed by atoms with van der Waals surface area (Å²) >= 11 is 0. The Morgan fingerprint density at radius 3 is 2.63 bits per heavy atom. The van der Waals surface area contributed by atoms with E-state index in [0.717, 1.165) is 6.42 Å². The Balaban J connectivity index is 1.51. The maximum atomic E-state index is 13.1. The van der Waals surface area contributed by atoms with E-state index < -0.39 is 58.7 Å². The molecule has 3 heterocycles. The highest BCUT2D eigenvalue weighted by molar-refractivity contribution is 5.82. The fourth-order valence-corrected chi connectivity index (χ4v) is 7.04. The van der Waals surface area contributed by atoms with Crippen molar-refractivity contribution in [3.8, 4) is 0 Å². The summed E-state index contributed by atoms with van der Waals surface area (Å²) in [4.78, 5) is 26.0. The van der Waals surface area contributed by atoms with Crippen LogP contribution < -0.4 is 0 Å². The SMILES string of the molecule is CC1=C[C@H]2O[C@@H]3C[C@H]4OC(=O)/C=C\C=C\[C@H]([C@@H](C)O)OCC[C@@H](C)[C@@H](O)C(=O)OC[C@@]2(CC1)[C@]4(C)[C@]31CO1. The molecule has 38 heavy (non-hydrogen) atoms. The number of carbonyl (C=O) groups excluding carboxylic acids is 2. The first-order valence-electron chi connectivity index (χ1n) is 13.7. The van der Waals surface area contributed by atoms with Gasteiger partial charge in [0.05, 0.1) is 30.3 Å². The third kappa shape index (κ3) is 4.36. The van der Waals surface area contributed by atoms with Gasteiger partial charge in [-0.05, 0) is 39.0 Å².